The number of nitrogens with two attached hydrogens (primary N) is 2. The van der Waals surface area contributed by atoms with Crippen LogP contribution in [0.4, 0.5) is 10.5 Å². The smallest absolute Gasteiger partial charge is 0.338 e. The summed E-state index contributed by atoms with van der Waals surface area (Å²) in [6.45, 7) is 3.32. The van der Waals surface area contributed by atoms with Crippen molar-refractivity contribution in [1.82, 2.24) is 5.32 Å². The molecule has 114 valence electrons. The second-order valence-corrected chi connectivity index (χ2v) is 5.07. The number of primary amides is 1. The van der Waals surface area contributed by atoms with Crippen molar-refractivity contribution in [2.75, 3.05) is 5.73 Å². The van der Waals surface area contributed by atoms with Gasteiger partial charge in [0.05, 0.1) is 16.3 Å². The van der Waals surface area contributed by atoms with Crippen LogP contribution in [-0.2, 0) is 9.53 Å². The van der Waals surface area contributed by atoms with E-state index in [1.54, 1.807) is 13.8 Å². The maximum Gasteiger partial charge on any atom is 0.338 e. The van der Waals surface area contributed by atoms with Crippen molar-refractivity contribution >= 4 is 35.2 Å². The summed E-state index contributed by atoms with van der Waals surface area (Å²) in [7, 11) is 0. The van der Waals surface area contributed by atoms with Gasteiger partial charge in [0.25, 0.3) is 5.91 Å². The maximum absolute atomic E-state index is 12.0. The van der Waals surface area contributed by atoms with Gasteiger partial charge in [-0.15, -0.1) is 0 Å². The average Bonchev–Trinajstić information content (AvgIpc) is 2.37. The molecular weight excluding hydrogens is 298 g/mol. The fraction of sp³-hybridized carbons (Fsp3) is 0.308. The quantitative estimate of drug-likeness (QED) is 0.570. The Morgan fingerprint density at radius 3 is 2.38 bits per heavy atom. The summed E-state index contributed by atoms with van der Waals surface area (Å²) in [6.07, 6.45) is -1.15. The van der Waals surface area contributed by atoms with Gasteiger partial charge < -0.3 is 16.2 Å². The molecule has 0 aromatic heterocycles. The Labute approximate surface area is 126 Å². The molecular formula is C13H16ClN3O4. The molecule has 0 fully saturated rings. The summed E-state index contributed by atoms with van der Waals surface area (Å²) >= 11 is 5.76. The van der Waals surface area contributed by atoms with Crippen LogP contribution < -0.4 is 16.8 Å². The van der Waals surface area contributed by atoms with Crippen LogP contribution in [0.1, 0.15) is 24.2 Å². The van der Waals surface area contributed by atoms with Crippen molar-refractivity contribution in [3.05, 3.63) is 28.8 Å². The molecule has 5 N–H and O–H groups in total. The molecule has 1 aromatic carbocycles. The van der Waals surface area contributed by atoms with Gasteiger partial charge in [-0.3, -0.25) is 10.1 Å². The minimum absolute atomic E-state index is 0.148. The van der Waals surface area contributed by atoms with E-state index in [4.69, 9.17) is 27.8 Å². The number of imide groups is 1. The summed E-state index contributed by atoms with van der Waals surface area (Å²) in [4.78, 5) is 34.4. The third-order valence-corrected chi connectivity index (χ3v) is 2.92. The molecule has 0 saturated carbocycles. The van der Waals surface area contributed by atoms with Gasteiger partial charge in [-0.2, -0.15) is 0 Å². The third-order valence-electron chi connectivity index (χ3n) is 2.58. The van der Waals surface area contributed by atoms with Crippen molar-refractivity contribution in [3.8, 4) is 0 Å². The molecule has 8 heteroatoms. The fourth-order valence-corrected chi connectivity index (χ4v) is 1.66. The first-order chi connectivity index (χ1) is 9.72. The zero-order chi connectivity index (χ0) is 16.2. The number of ether oxygens (including phenoxy) is 1. The van der Waals surface area contributed by atoms with Crippen LogP contribution in [-0.4, -0.2) is 24.0 Å². The molecule has 0 unspecified atom stereocenters. The number of hydrogen-bond donors (Lipinski definition) is 3. The van der Waals surface area contributed by atoms with E-state index in [9.17, 15) is 14.4 Å². The molecule has 1 atom stereocenters. The van der Waals surface area contributed by atoms with Gasteiger partial charge in [-0.05, 0) is 24.1 Å². The minimum Gasteiger partial charge on any atom is -0.448 e. The number of benzene rings is 1. The third kappa shape index (κ3) is 4.64. The first kappa shape index (κ1) is 16.8. The molecule has 0 saturated heterocycles. The van der Waals surface area contributed by atoms with E-state index in [1.807, 2.05) is 5.32 Å². The largest absolute Gasteiger partial charge is 0.448 e. The molecule has 1 aromatic rings. The molecule has 0 aliphatic carbocycles. The number of nitrogen functional groups attached to an aromatic ring is 1. The molecule has 0 bridgehead atoms. The van der Waals surface area contributed by atoms with E-state index in [0.29, 0.717) is 5.02 Å². The Bertz CT molecular complexity index is 575. The van der Waals surface area contributed by atoms with Crippen molar-refractivity contribution in [1.29, 1.82) is 0 Å². The highest BCUT2D eigenvalue weighted by molar-refractivity contribution is 6.33. The van der Waals surface area contributed by atoms with Gasteiger partial charge in [0.15, 0.2) is 6.10 Å². The van der Waals surface area contributed by atoms with Crippen LogP contribution in [0.5, 0.6) is 0 Å². The molecule has 21 heavy (non-hydrogen) atoms. The highest BCUT2D eigenvalue weighted by Gasteiger charge is 2.28. The molecule has 1 rings (SSSR count). The number of esters is 1. The zero-order valence-electron chi connectivity index (χ0n) is 11.6. The lowest BCUT2D eigenvalue weighted by Crippen LogP contribution is -2.45. The van der Waals surface area contributed by atoms with E-state index in [-0.39, 0.29) is 17.2 Å². The minimum atomic E-state index is -1.15. The van der Waals surface area contributed by atoms with Crippen molar-refractivity contribution < 1.29 is 19.1 Å². The number of urea groups is 1. The molecule has 7 nitrogen and oxygen atoms in total. The number of carbonyl (C=O) groups is 3. The molecule has 0 aliphatic heterocycles. The highest BCUT2D eigenvalue weighted by atomic mass is 35.5. The van der Waals surface area contributed by atoms with Crippen LogP contribution in [0.3, 0.4) is 0 Å². The summed E-state index contributed by atoms with van der Waals surface area (Å²) in [5, 5.41) is 2.18. The first-order valence-corrected chi connectivity index (χ1v) is 6.46. The topological polar surface area (TPSA) is 125 Å². The second kappa shape index (κ2) is 6.94. The number of carbonyl (C=O) groups excluding carboxylic acids is 3. The van der Waals surface area contributed by atoms with Crippen molar-refractivity contribution in [3.63, 3.8) is 0 Å². The van der Waals surface area contributed by atoms with E-state index in [1.165, 1.54) is 18.2 Å². The summed E-state index contributed by atoms with van der Waals surface area (Å²) in [6, 6.07) is 3.19. The number of hydrogen-bond acceptors (Lipinski definition) is 5. The fourth-order valence-electron chi connectivity index (χ4n) is 1.54. The predicted molar refractivity (Wildman–Crippen MR) is 77.6 cm³/mol. The number of anilines is 1. The molecule has 0 spiro atoms. The Morgan fingerprint density at radius 1 is 1.29 bits per heavy atom. The van der Waals surface area contributed by atoms with Crippen LogP contribution in [0.15, 0.2) is 18.2 Å². The van der Waals surface area contributed by atoms with Crippen LogP contribution in [0.25, 0.3) is 0 Å². The molecule has 3 amide bonds. The van der Waals surface area contributed by atoms with Gasteiger partial charge in [0, 0.05) is 0 Å². The van der Waals surface area contributed by atoms with Crippen LogP contribution >= 0.6 is 11.6 Å². The first-order valence-electron chi connectivity index (χ1n) is 6.08. The lowest BCUT2D eigenvalue weighted by Gasteiger charge is -2.19. The number of halogens is 1. The lowest BCUT2D eigenvalue weighted by atomic mass is 10.1. The predicted octanol–water partition coefficient (Wildman–Crippen LogP) is 1.30. The molecule has 0 heterocycles. The molecule has 0 aliphatic rings. The molecule has 0 radical (unpaired) electrons. The SMILES string of the molecule is CC(C)[C@@H](OC(=O)c1ccc(Cl)c(N)c1)C(=O)NC(N)=O. The van der Waals surface area contributed by atoms with Gasteiger partial charge in [-0.1, -0.05) is 25.4 Å². The lowest BCUT2D eigenvalue weighted by molar-refractivity contribution is -0.130. The number of amides is 3. The number of nitrogens with one attached hydrogen (secondary N) is 1. The highest BCUT2D eigenvalue weighted by Crippen LogP contribution is 2.20. The van der Waals surface area contributed by atoms with E-state index in [0.717, 1.165) is 0 Å². The van der Waals surface area contributed by atoms with E-state index in [2.05, 4.69) is 0 Å². The Balaban J connectivity index is 2.88. The van der Waals surface area contributed by atoms with E-state index < -0.39 is 24.0 Å². The summed E-state index contributed by atoms with van der Waals surface area (Å²) in [5.41, 5.74) is 10.8. The maximum atomic E-state index is 12.0. The second-order valence-electron chi connectivity index (χ2n) is 4.66. The van der Waals surface area contributed by atoms with Crippen LogP contribution in [0, 0.1) is 5.92 Å². The zero-order valence-corrected chi connectivity index (χ0v) is 12.3. The standard InChI is InChI=1S/C13H16ClN3O4/c1-6(2)10(11(18)17-13(16)20)21-12(19)7-3-4-8(14)9(15)5-7/h3-6,10H,15H2,1-2H3,(H3,16,17,18,20)/t10-/m1/s1. The van der Waals surface area contributed by atoms with Gasteiger partial charge >= 0.3 is 12.0 Å². The Morgan fingerprint density at radius 2 is 1.90 bits per heavy atom. The van der Waals surface area contributed by atoms with Gasteiger partial charge in [0.1, 0.15) is 0 Å². The average molecular weight is 314 g/mol. The van der Waals surface area contributed by atoms with Crippen molar-refractivity contribution in [2.45, 2.75) is 20.0 Å². The number of rotatable bonds is 4. The van der Waals surface area contributed by atoms with Gasteiger partial charge in [0.2, 0.25) is 0 Å². The van der Waals surface area contributed by atoms with Crippen molar-refractivity contribution in [2.24, 2.45) is 11.7 Å². The summed E-state index contributed by atoms with van der Waals surface area (Å²) < 4.78 is 5.10. The normalized spacial score (nSPS) is 11.8. The summed E-state index contributed by atoms with van der Waals surface area (Å²) in [5.74, 6) is -1.89. The van der Waals surface area contributed by atoms with Gasteiger partial charge in [-0.25, -0.2) is 9.59 Å². The monoisotopic (exact) mass is 313 g/mol. The Kier molecular flexibility index (Phi) is 5.54. The van der Waals surface area contributed by atoms with E-state index >= 15 is 0 Å². The van der Waals surface area contributed by atoms with Crippen LogP contribution in [0.2, 0.25) is 5.02 Å². The Hall–Kier alpha value is -2.28.